The number of aryl methyl sites for hydroxylation is 2. The lowest BCUT2D eigenvalue weighted by atomic mass is 9.98. The highest BCUT2D eigenvalue weighted by molar-refractivity contribution is 5.66. The Morgan fingerprint density at radius 3 is 2.41 bits per heavy atom. The van der Waals surface area contributed by atoms with Gasteiger partial charge in [-0.05, 0) is 91.5 Å². The predicted molar refractivity (Wildman–Crippen MR) is 148 cm³/mol. The Morgan fingerprint density at radius 2 is 1.68 bits per heavy atom. The van der Waals surface area contributed by atoms with Crippen LogP contribution in [0.2, 0.25) is 0 Å². The molecule has 6 heteroatoms. The van der Waals surface area contributed by atoms with E-state index in [1.54, 1.807) is 6.08 Å². The van der Waals surface area contributed by atoms with Crippen LogP contribution in [0.5, 0.6) is 0 Å². The number of carbonyl (C=O) groups excluding carboxylic acids is 1. The molecule has 0 fully saturated rings. The summed E-state index contributed by atoms with van der Waals surface area (Å²) in [7, 11) is 0. The van der Waals surface area contributed by atoms with Crippen LogP contribution >= 0.6 is 0 Å². The van der Waals surface area contributed by atoms with E-state index >= 15 is 0 Å². The molecule has 0 amide bonds. The molecule has 0 aliphatic heterocycles. The maximum Gasteiger partial charge on any atom is 0.164 e. The number of nitrogens with two attached hydrogens (primary N) is 2. The fourth-order valence-corrected chi connectivity index (χ4v) is 4.44. The number of aldehydes is 1. The van der Waals surface area contributed by atoms with Crippen LogP contribution in [0, 0.1) is 11.3 Å². The molecule has 0 saturated carbocycles. The summed E-state index contributed by atoms with van der Waals surface area (Å²) in [6.45, 7) is 0.966. The van der Waals surface area contributed by atoms with E-state index in [9.17, 15) is 4.79 Å². The van der Waals surface area contributed by atoms with Gasteiger partial charge in [0.05, 0.1) is 19.3 Å². The van der Waals surface area contributed by atoms with Crippen molar-refractivity contribution >= 4 is 17.7 Å². The first-order valence-electron chi connectivity index (χ1n) is 13.0. The Kier molecular flexibility index (Phi) is 11.3. The summed E-state index contributed by atoms with van der Waals surface area (Å²) < 4.78 is 12.2. The Bertz CT molecular complexity index is 1170. The molecule has 0 spiro atoms. The molecule has 37 heavy (non-hydrogen) atoms. The van der Waals surface area contributed by atoms with Crippen LogP contribution in [0.25, 0.3) is 0 Å². The second-order valence-electron chi connectivity index (χ2n) is 9.10. The smallest absolute Gasteiger partial charge is 0.164 e. The molecule has 0 saturated heterocycles. The third-order valence-electron chi connectivity index (χ3n) is 6.37. The molecular weight excluding hydrogens is 462 g/mol. The van der Waals surface area contributed by atoms with Crippen molar-refractivity contribution in [3.8, 4) is 6.07 Å². The summed E-state index contributed by atoms with van der Waals surface area (Å²) >= 11 is 0. The van der Waals surface area contributed by atoms with Gasteiger partial charge in [0.15, 0.2) is 11.5 Å². The van der Waals surface area contributed by atoms with Gasteiger partial charge in [-0.3, -0.25) is 4.79 Å². The molecule has 1 aliphatic carbocycles. The van der Waals surface area contributed by atoms with Crippen LogP contribution in [0.1, 0.15) is 55.2 Å². The number of nitriles is 1. The zero-order valence-electron chi connectivity index (χ0n) is 21.5. The van der Waals surface area contributed by atoms with Gasteiger partial charge in [-0.2, -0.15) is 5.26 Å². The topological polar surface area (TPSA) is 111 Å². The Morgan fingerprint density at radius 1 is 0.919 bits per heavy atom. The zero-order chi connectivity index (χ0) is 26.3. The molecule has 2 aromatic rings. The van der Waals surface area contributed by atoms with Crippen molar-refractivity contribution in [3.05, 3.63) is 94.5 Å². The fourth-order valence-electron chi connectivity index (χ4n) is 4.44. The largest absolute Gasteiger partial charge is 0.490 e. The molecular formula is C31H37N3O3. The predicted octanol–water partition coefficient (Wildman–Crippen LogP) is 5.98. The summed E-state index contributed by atoms with van der Waals surface area (Å²) in [5.74, 6) is 1.39. The quantitative estimate of drug-likeness (QED) is 0.135. The van der Waals surface area contributed by atoms with E-state index in [0.29, 0.717) is 43.3 Å². The molecule has 1 aliphatic rings. The molecule has 0 radical (unpaired) electrons. The van der Waals surface area contributed by atoms with Gasteiger partial charge >= 0.3 is 0 Å². The van der Waals surface area contributed by atoms with E-state index in [-0.39, 0.29) is 0 Å². The van der Waals surface area contributed by atoms with Gasteiger partial charge in [0.2, 0.25) is 0 Å². The number of allylic oxidation sites excluding steroid dienone is 4. The number of nitrogens with zero attached hydrogens (tertiary/aromatic N) is 1. The number of rotatable bonds is 15. The van der Waals surface area contributed by atoms with Crippen LogP contribution in [0.15, 0.2) is 77.8 Å². The summed E-state index contributed by atoms with van der Waals surface area (Å²) in [5, 5.41) is 8.78. The Labute approximate surface area is 220 Å². The molecule has 0 bridgehead atoms. The number of ether oxygens (including phenoxy) is 2. The van der Waals surface area contributed by atoms with Gasteiger partial charge in [0.1, 0.15) is 6.29 Å². The average Bonchev–Trinajstić information content (AvgIpc) is 2.90. The van der Waals surface area contributed by atoms with E-state index in [0.717, 1.165) is 68.1 Å². The van der Waals surface area contributed by atoms with Gasteiger partial charge < -0.3 is 20.9 Å². The van der Waals surface area contributed by atoms with Crippen LogP contribution in [0.4, 0.5) is 11.4 Å². The third kappa shape index (κ3) is 8.88. The van der Waals surface area contributed by atoms with Gasteiger partial charge in [-0.25, -0.2) is 0 Å². The van der Waals surface area contributed by atoms with Crippen LogP contribution in [-0.4, -0.2) is 19.5 Å². The van der Waals surface area contributed by atoms with Gasteiger partial charge in [0, 0.05) is 24.2 Å². The van der Waals surface area contributed by atoms with Crippen molar-refractivity contribution in [1.29, 1.82) is 5.26 Å². The Hall–Kier alpha value is -3.98. The van der Waals surface area contributed by atoms with Crippen LogP contribution in [-0.2, 0) is 33.5 Å². The second kappa shape index (κ2) is 15.2. The average molecular weight is 500 g/mol. The van der Waals surface area contributed by atoms with Crippen molar-refractivity contribution in [2.45, 2.75) is 57.8 Å². The van der Waals surface area contributed by atoms with E-state index in [1.807, 2.05) is 24.3 Å². The fraction of sp³-hybridized carbons (Fsp3) is 0.355. The molecule has 2 aromatic carbocycles. The van der Waals surface area contributed by atoms with Crippen molar-refractivity contribution in [3.63, 3.8) is 0 Å². The molecule has 4 N–H and O–H groups in total. The summed E-state index contributed by atoms with van der Waals surface area (Å²) in [4.78, 5) is 10.9. The van der Waals surface area contributed by atoms with Crippen LogP contribution < -0.4 is 11.5 Å². The summed E-state index contributed by atoms with van der Waals surface area (Å²) in [6.07, 6.45) is 13.7. The van der Waals surface area contributed by atoms with Crippen molar-refractivity contribution in [1.82, 2.24) is 0 Å². The maximum absolute atomic E-state index is 10.9. The molecule has 0 heterocycles. The minimum absolute atomic E-state index is 0.454. The number of hydrogen-bond acceptors (Lipinski definition) is 6. The molecule has 6 nitrogen and oxygen atoms in total. The van der Waals surface area contributed by atoms with Crippen molar-refractivity contribution < 1.29 is 14.3 Å². The zero-order valence-corrected chi connectivity index (χ0v) is 21.5. The van der Waals surface area contributed by atoms with Gasteiger partial charge in [-0.1, -0.05) is 36.4 Å². The molecule has 3 rings (SSSR count). The molecule has 0 aromatic heterocycles. The van der Waals surface area contributed by atoms with Crippen molar-refractivity contribution in [2.75, 3.05) is 24.7 Å². The van der Waals surface area contributed by atoms with Crippen molar-refractivity contribution in [2.24, 2.45) is 0 Å². The normalized spacial score (nSPS) is 13.3. The van der Waals surface area contributed by atoms with Gasteiger partial charge in [0.25, 0.3) is 0 Å². The number of carbonyl (C=O) groups is 1. The first kappa shape index (κ1) is 27.6. The first-order chi connectivity index (χ1) is 18.1. The third-order valence-corrected chi connectivity index (χ3v) is 6.37. The molecule has 0 atom stereocenters. The van der Waals surface area contributed by atoms with E-state index < -0.39 is 0 Å². The van der Waals surface area contributed by atoms with E-state index in [4.69, 9.17) is 26.2 Å². The first-order valence-corrected chi connectivity index (χ1v) is 13.0. The monoisotopic (exact) mass is 499 g/mol. The number of anilines is 2. The lowest BCUT2D eigenvalue weighted by Gasteiger charge is -2.21. The Balaban J connectivity index is 1.57. The standard InChI is InChI=1S/C31H37N3O3/c32-19-5-6-21-36-30-15-7-13-27(14-8-20-35)31(30)37-22-18-25-11-2-1-9-24(25)10-3-4-12-26-16-17-28(33)23-29(26)34/h1-2,8-9,11,14-17,20,23H,3-7,10,12-13,18,21-22,33-34H2/b14-8+. The molecule has 194 valence electrons. The highest BCUT2D eigenvalue weighted by Gasteiger charge is 2.18. The number of unbranched alkanes of at least 4 members (excludes halogenated alkanes) is 2. The summed E-state index contributed by atoms with van der Waals surface area (Å²) in [5.41, 5.74) is 18.1. The number of nitrogen functional groups attached to an aromatic ring is 2. The SMILES string of the molecule is N#CCCCOC1=CCCC(/C=C/C=O)=C1OCCc1ccccc1CCCCc1ccc(N)cc1N. The number of benzene rings is 2. The summed E-state index contributed by atoms with van der Waals surface area (Å²) in [6, 6.07) is 16.4. The highest BCUT2D eigenvalue weighted by Crippen LogP contribution is 2.29. The van der Waals surface area contributed by atoms with E-state index in [1.165, 1.54) is 17.2 Å². The van der Waals surface area contributed by atoms with Gasteiger partial charge in [-0.15, -0.1) is 0 Å². The number of hydrogen-bond donors (Lipinski definition) is 2. The second-order valence-corrected chi connectivity index (χ2v) is 9.10. The van der Waals surface area contributed by atoms with Crippen LogP contribution in [0.3, 0.4) is 0 Å². The molecule has 0 unspecified atom stereocenters. The lowest BCUT2D eigenvalue weighted by Crippen LogP contribution is -2.11. The minimum atomic E-state index is 0.454. The maximum atomic E-state index is 10.9. The lowest BCUT2D eigenvalue weighted by molar-refractivity contribution is -0.104. The van der Waals surface area contributed by atoms with E-state index in [2.05, 4.69) is 30.3 Å². The minimum Gasteiger partial charge on any atom is -0.490 e. The highest BCUT2D eigenvalue weighted by atomic mass is 16.5.